The lowest BCUT2D eigenvalue weighted by atomic mass is 10.2. The van der Waals surface area contributed by atoms with Crippen molar-refractivity contribution < 1.29 is 19.0 Å². The summed E-state index contributed by atoms with van der Waals surface area (Å²) in [5.41, 5.74) is 0.714. The Morgan fingerprint density at radius 3 is 2.88 bits per heavy atom. The fourth-order valence-corrected chi connectivity index (χ4v) is 3.81. The highest BCUT2D eigenvalue weighted by Crippen LogP contribution is 2.52. The Morgan fingerprint density at radius 2 is 2.17 bits per heavy atom. The van der Waals surface area contributed by atoms with Gasteiger partial charge in [0.1, 0.15) is 17.6 Å². The number of likely N-dealkylation sites (tertiary alicyclic amines) is 1. The number of piperidine rings is 1. The predicted octanol–water partition coefficient (Wildman–Crippen LogP) is 2.40. The van der Waals surface area contributed by atoms with Gasteiger partial charge in [0.25, 0.3) is 0 Å². The van der Waals surface area contributed by atoms with E-state index in [-0.39, 0.29) is 5.82 Å². The highest BCUT2D eigenvalue weighted by Gasteiger charge is 2.56. The van der Waals surface area contributed by atoms with Crippen molar-refractivity contribution >= 4 is 16.9 Å². The summed E-state index contributed by atoms with van der Waals surface area (Å²) in [5.74, 6) is 1.06. The van der Waals surface area contributed by atoms with E-state index in [1.807, 2.05) is 4.90 Å². The second-order valence-electron chi connectivity index (χ2n) is 6.74. The molecule has 2 aliphatic rings. The first-order valence-electron chi connectivity index (χ1n) is 8.18. The van der Waals surface area contributed by atoms with Crippen LogP contribution in [-0.4, -0.2) is 46.7 Å². The molecule has 0 radical (unpaired) electrons. The van der Waals surface area contributed by atoms with E-state index in [1.54, 1.807) is 25.3 Å². The molecule has 1 saturated heterocycles. The number of carbonyl (C=O) groups is 1. The first-order valence-corrected chi connectivity index (χ1v) is 8.18. The largest absolute Gasteiger partial charge is 0.493 e. The number of aromatic nitrogens is 1. The van der Waals surface area contributed by atoms with Crippen LogP contribution in [0.4, 0.5) is 4.39 Å². The van der Waals surface area contributed by atoms with Crippen molar-refractivity contribution in [3.63, 3.8) is 0 Å². The highest BCUT2D eigenvalue weighted by molar-refractivity contribution is 5.84. The van der Waals surface area contributed by atoms with E-state index in [0.717, 1.165) is 13.1 Å². The predicted molar refractivity (Wildman–Crippen MR) is 86.3 cm³/mol. The van der Waals surface area contributed by atoms with E-state index in [9.17, 15) is 9.18 Å². The van der Waals surface area contributed by atoms with Crippen molar-refractivity contribution in [1.82, 2.24) is 9.88 Å². The molecule has 126 valence electrons. The molecule has 1 aliphatic heterocycles. The lowest BCUT2D eigenvalue weighted by molar-refractivity contribution is -0.142. The molecule has 1 aromatic heterocycles. The summed E-state index contributed by atoms with van der Waals surface area (Å²) in [4.78, 5) is 17.3. The maximum absolute atomic E-state index is 13.5. The highest BCUT2D eigenvalue weighted by atomic mass is 19.1. The quantitative estimate of drug-likeness (QED) is 0.912. The Balaban J connectivity index is 1.39. The van der Waals surface area contributed by atoms with Crippen LogP contribution < -0.4 is 4.74 Å². The van der Waals surface area contributed by atoms with Crippen LogP contribution in [0.25, 0.3) is 10.9 Å². The van der Waals surface area contributed by atoms with Crippen LogP contribution in [0.5, 0.6) is 5.75 Å². The normalized spacial score (nSPS) is 27.0. The molecular weight excluding hydrogens is 311 g/mol. The Labute approximate surface area is 139 Å². The summed E-state index contributed by atoms with van der Waals surface area (Å²) in [7, 11) is 0. The molecule has 0 spiro atoms. The van der Waals surface area contributed by atoms with Gasteiger partial charge in [-0.2, -0.15) is 0 Å². The first-order chi connectivity index (χ1) is 11.5. The van der Waals surface area contributed by atoms with Crippen LogP contribution in [0.3, 0.4) is 0 Å². The van der Waals surface area contributed by atoms with E-state index in [4.69, 9.17) is 9.84 Å². The number of benzene rings is 1. The van der Waals surface area contributed by atoms with Crippen LogP contribution in [0.1, 0.15) is 6.92 Å². The fraction of sp³-hybridized carbons (Fsp3) is 0.444. The summed E-state index contributed by atoms with van der Waals surface area (Å²) in [6, 6.07) is 5.82. The second-order valence-corrected chi connectivity index (χ2v) is 6.74. The number of ether oxygens (including phenoxy) is 1. The molecule has 1 aromatic carbocycles. The monoisotopic (exact) mass is 330 g/mol. The minimum absolute atomic E-state index is 0.304. The first kappa shape index (κ1) is 15.3. The SMILES string of the molecule is CC(C(=O)O)N1CC2C(COc3ccnc4ccc(F)cc34)C2C1. The van der Waals surface area contributed by atoms with Gasteiger partial charge in [0.15, 0.2) is 0 Å². The van der Waals surface area contributed by atoms with Crippen LogP contribution in [0.15, 0.2) is 30.5 Å². The van der Waals surface area contributed by atoms with E-state index in [0.29, 0.717) is 41.0 Å². The Bertz CT molecular complexity index is 785. The number of aliphatic carboxylic acids is 1. The van der Waals surface area contributed by atoms with Crippen molar-refractivity contribution in [1.29, 1.82) is 0 Å². The van der Waals surface area contributed by atoms with Crippen molar-refractivity contribution in [2.24, 2.45) is 17.8 Å². The Kier molecular flexibility index (Phi) is 3.64. The van der Waals surface area contributed by atoms with Gasteiger partial charge in [-0.3, -0.25) is 14.7 Å². The second kappa shape index (κ2) is 5.70. The van der Waals surface area contributed by atoms with Gasteiger partial charge >= 0.3 is 5.97 Å². The minimum atomic E-state index is -0.769. The van der Waals surface area contributed by atoms with Crippen molar-refractivity contribution in [3.05, 3.63) is 36.3 Å². The zero-order valence-electron chi connectivity index (χ0n) is 13.4. The third-order valence-corrected chi connectivity index (χ3v) is 5.40. The van der Waals surface area contributed by atoms with Gasteiger partial charge in [-0.1, -0.05) is 0 Å². The van der Waals surface area contributed by atoms with Gasteiger partial charge in [-0.15, -0.1) is 0 Å². The number of pyridine rings is 1. The molecule has 2 heterocycles. The number of hydrogen-bond donors (Lipinski definition) is 1. The van der Waals surface area contributed by atoms with Gasteiger partial charge in [0.05, 0.1) is 12.1 Å². The average Bonchev–Trinajstić information content (AvgIpc) is 3.01. The molecule has 3 unspecified atom stereocenters. The number of nitrogens with zero attached hydrogens (tertiary/aromatic N) is 2. The molecule has 0 bridgehead atoms. The average molecular weight is 330 g/mol. The van der Waals surface area contributed by atoms with Gasteiger partial charge in [0, 0.05) is 30.6 Å². The van der Waals surface area contributed by atoms with Gasteiger partial charge in [-0.25, -0.2) is 4.39 Å². The minimum Gasteiger partial charge on any atom is -0.493 e. The van der Waals surface area contributed by atoms with E-state index < -0.39 is 12.0 Å². The van der Waals surface area contributed by atoms with Crippen LogP contribution in [0.2, 0.25) is 0 Å². The molecule has 1 aliphatic carbocycles. The number of carboxylic acids is 1. The summed E-state index contributed by atoms with van der Waals surface area (Å²) >= 11 is 0. The number of halogens is 1. The van der Waals surface area contributed by atoms with E-state index in [2.05, 4.69) is 4.98 Å². The van der Waals surface area contributed by atoms with Crippen LogP contribution in [0, 0.1) is 23.6 Å². The standard InChI is InChI=1S/C18H19FN2O3/c1-10(18(22)23)21-7-13-14(8-21)15(13)9-24-17-4-5-20-16-3-2-11(19)6-12(16)17/h2-6,10,13-15H,7-9H2,1H3,(H,22,23). The summed E-state index contributed by atoms with van der Waals surface area (Å²) < 4.78 is 19.4. The summed E-state index contributed by atoms with van der Waals surface area (Å²) in [5, 5.41) is 9.77. The third kappa shape index (κ3) is 2.60. The molecule has 24 heavy (non-hydrogen) atoms. The van der Waals surface area contributed by atoms with Crippen LogP contribution in [-0.2, 0) is 4.79 Å². The van der Waals surface area contributed by atoms with E-state index in [1.165, 1.54) is 12.1 Å². The Morgan fingerprint density at radius 1 is 1.42 bits per heavy atom. The molecule has 1 N–H and O–H groups in total. The van der Waals surface area contributed by atoms with Crippen LogP contribution >= 0.6 is 0 Å². The third-order valence-electron chi connectivity index (χ3n) is 5.40. The maximum Gasteiger partial charge on any atom is 0.320 e. The molecule has 2 aromatic rings. The molecule has 3 atom stereocenters. The summed E-state index contributed by atoms with van der Waals surface area (Å²) in [6.07, 6.45) is 1.67. The number of rotatable bonds is 5. The molecule has 5 nitrogen and oxygen atoms in total. The smallest absolute Gasteiger partial charge is 0.320 e. The molecule has 2 fully saturated rings. The molecule has 4 rings (SSSR count). The molecule has 1 saturated carbocycles. The van der Waals surface area contributed by atoms with Gasteiger partial charge < -0.3 is 9.84 Å². The fourth-order valence-electron chi connectivity index (χ4n) is 3.81. The number of hydrogen-bond acceptors (Lipinski definition) is 4. The zero-order chi connectivity index (χ0) is 16.8. The molecular formula is C18H19FN2O3. The van der Waals surface area contributed by atoms with Crippen molar-refractivity contribution in [3.8, 4) is 5.75 Å². The Hall–Kier alpha value is -2.21. The molecule has 0 amide bonds. The number of carboxylic acid groups (broad SMARTS) is 1. The van der Waals surface area contributed by atoms with Crippen molar-refractivity contribution in [2.45, 2.75) is 13.0 Å². The lowest BCUT2D eigenvalue weighted by Gasteiger charge is -2.23. The molecule has 6 heteroatoms. The maximum atomic E-state index is 13.5. The summed E-state index contributed by atoms with van der Waals surface area (Å²) in [6.45, 7) is 3.95. The zero-order valence-corrected chi connectivity index (χ0v) is 13.4. The van der Waals surface area contributed by atoms with E-state index >= 15 is 0 Å². The van der Waals surface area contributed by atoms with Gasteiger partial charge in [-0.05, 0) is 43.0 Å². The van der Waals surface area contributed by atoms with Gasteiger partial charge in [0.2, 0.25) is 0 Å². The number of fused-ring (bicyclic) bond motifs is 2. The topological polar surface area (TPSA) is 62.7 Å². The van der Waals surface area contributed by atoms with Crippen molar-refractivity contribution in [2.75, 3.05) is 19.7 Å². The lowest BCUT2D eigenvalue weighted by Crippen LogP contribution is -2.39.